The number of carboxylic acids is 1. The van der Waals surface area contributed by atoms with Gasteiger partial charge in [-0.15, -0.1) is 0 Å². The Balaban J connectivity index is 1.30. The first-order valence-corrected chi connectivity index (χ1v) is 16.4. The second kappa shape index (κ2) is 15.3. The van der Waals surface area contributed by atoms with E-state index in [1.165, 1.54) is 20.8 Å². The van der Waals surface area contributed by atoms with Gasteiger partial charge < -0.3 is 39.9 Å². The number of rotatable bonds is 12. The van der Waals surface area contributed by atoms with Crippen molar-refractivity contribution in [1.82, 2.24) is 30.3 Å². The number of pyridine rings is 1. The average molecular weight is 667 g/mol. The van der Waals surface area contributed by atoms with Crippen LogP contribution in [-0.2, 0) is 23.9 Å². The third-order valence-corrected chi connectivity index (χ3v) is 8.76. The number of nitrogens with zero attached hydrogens (tertiary/aromatic N) is 4. The maximum absolute atomic E-state index is 13.6. The molecule has 0 unspecified atom stereocenters. The first-order chi connectivity index (χ1) is 23.0. The van der Waals surface area contributed by atoms with Crippen molar-refractivity contribution in [3.63, 3.8) is 0 Å². The minimum absolute atomic E-state index is 0.0846. The Morgan fingerprint density at radius 1 is 1.02 bits per heavy atom. The molecule has 2 atom stereocenters. The van der Waals surface area contributed by atoms with Crippen LogP contribution < -0.4 is 15.4 Å². The molecular formula is C33H42N6O9. The Kier molecular flexibility index (Phi) is 11.0. The van der Waals surface area contributed by atoms with E-state index in [1.54, 1.807) is 19.1 Å². The number of benzene rings is 1. The van der Waals surface area contributed by atoms with Gasteiger partial charge in [-0.25, -0.2) is 9.78 Å². The minimum atomic E-state index is -1.17. The predicted molar refractivity (Wildman–Crippen MR) is 171 cm³/mol. The molecule has 258 valence electrons. The lowest BCUT2D eigenvalue weighted by Gasteiger charge is -2.35. The third-order valence-electron chi connectivity index (χ3n) is 8.76. The molecule has 1 aliphatic carbocycles. The van der Waals surface area contributed by atoms with Crippen molar-refractivity contribution in [2.45, 2.75) is 70.5 Å². The number of hydrogen-bond donors (Lipinski definition) is 3. The van der Waals surface area contributed by atoms with Gasteiger partial charge in [0.05, 0.1) is 12.1 Å². The highest BCUT2D eigenvalue weighted by Crippen LogP contribution is 2.29. The summed E-state index contributed by atoms with van der Waals surface area (Å²) in [4.78, 5) is 85.6. The topological polar surface area (TPSA) is 188 Å². The molecule has 3 aliphatic rings. The lowest BCUT2D eigenvalue weighted by atomic mass is 10.1. The van der Waals surface area contributed by atoms with Crippen molar-refractivity contribution in [2.75, 3.05) is 45.9 Å². The first kappa shape index (κ1) is 34.4. The van der Waals surface area contributed by atoms with Crippen LogP contribution >= 0.6 is 0 Å². The molecule has 0 spiro atoms. The van der Waals surface area contributed by atoms with Crippen LogP contribution in [0.25, 0.3) is 10.9 Å². The van der Waals surface area contributed by atoms with Gasteiger partial charge in [0.15, 0.2) is 6.61 Å². The minimum Gasteiger partial charge on any atom is -0.483 e. The molecule has 1 aromatic heterocycles. The Morgan fingerprint density at radius 2 is 1.75 bits per heavy atom. The summed E-state index contributed by atoms with van der Waals surface area (Å²) < 4.78 is 11.1. The highest BCUT2D eigenvalue weighted by Gasteiger charge is 2.37. The van der Waals surface area contributed by atoms with Gasteiger partial charge in [0.25, 0.3) is 11.8 Å². The first-order valence-electron chi connectivity index (χ1n) is 16.4. The SMILES string of the molecule is CCOC(=O)N1CCN(C(=O)[C@H](CCC(=O)O)NC(=O)c2cc(OCC(=O)N3CCC[C@H]3C(=O)NC3CC3)c3c(C)cccc3n2)CC1. The summed E-state index contributed by atoms with van der Waals surface area (Å²) in [7, 11) is 0. The molecule has 3 fully saturated rings. The van der Waals surface area contributed by atoms with Gasteiger partial charge in [0.1, 0.15) is 23.5 Å². The molecule has 5 rings (SSSR count). The fourth-order valence-corrected chi connectivity index (χ4v) is 6.04. The molecule has 15 nitrogen and oxygen atoms in total. The number of aryl methyl sites for hydroxylation is 1. The van der Waals surface area contributed by atoms with Crippen LogP contribution in [0, 0.1) is 6.92 Å². The molecule has 1 saturated carbocycles. The summed E-state index contributed by atoms with van der Waals surface area (Å²) >= 11 is 0. The van der Waals surface area contributed by atoms with Crippen LogP contribution in [0.5, 0.6) is 5.75 Å². The van der Waals surface area contributed by atoms with Crippen LogP contribution in [-0.4, -0.2) is 125 Å². The number of carbonyl (C=O) groups excluding carboxylic acids is 5. The normalized spacial score (nSPS) is 18.3. The van der Waals surface area contributed by atoms with Gasteiger partial charge >= 0.3 is 12.1 Å². The van der Waals surface area contributed by atoms with Crippen molar-refractivity contribution in [2.24, 2.45) is 0 Å². The van der Waals surface area contributed by atoms with Crippen molar-refractivity contribution in [1.29, 1.82) is 0 Å². The molecule has 2 saturated heterocycles. The number of fused-ring (bicyclic) bond motifs is 1. The monoisotopic (exact) mass is 666 g/mol. The fourth-order valence-electron chi connectivity index (χ4n) is 6.04. The van der Waals surface area contributed by atoms with Crippen LogP contribution in [0.1, 0.15) is 61.5 Å². The Hall–Kier alpha value is -4.95. The number of likely N-dealkylation sites (tertiary alicyclic amines) is 1. The van der Waals surface area contributed by atoms with Gasteiger partial charge in [-0.1, -0.05) is 12.1 Å². The zero-order valence-electron chi connectivity index (χ0n) is 27.2. The van der Waals surface area contributed by atoms with E-state index in [9.17, 15) is 33.9 Å². The number of aromatic nitrogens is 1. The van der Waals surface area contributed by atoms with Crippen LogP contribution in [0.2, 0.25) is 0 Å². The van der Waals surface area contributed by atoms with Crippen molar-refractivity contribution >= 4 is 46.6 Å². The van der Waals surface area contributed by atoms with Gasteiger partial charge in [0, 0.05) is 56.6 Å². The largest absolute Gasteiger partial charge is 0.483 e. The highest BCUT2D eigenvalue weighted by molar-refractivity contribution is 6.00. The molecule has 3 heterocycles. The molecule has 0 bridgehead atoms. The van der Waals surface area contributed by atoms with E-state index in [0.29, 0.717) is 30.3 Å². The zero-order chi connectivity index (χ0) is 34.4. The summed E-state index contributed by atoms with van der Waals surface area (Å²) in [5.41, 5.74) is 1.14. The van der Waals surface area contributed by atoms with Gasteiger partial charge in [0.2, 0.25) is 11.8 Å². The van der Waals surface area contributed by atoms with Crippen molar-refractivity contribution in [3.8, 4) is 5.75 Å². The number of amides is 5. The summed E-state index contributed by atoms with van der Waals surface area (Å²) in [5, 5.41) is 15.6. The summed E-state index contributed by atoms with van der Waals surface area (Å²) in [6, 6.07) is 5.18. The van der Waals surface area contributed by atoms with Gasteiger partial charge in [-0.05, 0) is 57.6 Å². The number of nitrogens with one attached hydrogen (secondary N) is 2. The lowest BCUT2D eigenvalue weighted by Crippen LogP contribution is -2.56. The molecule has 0 radical (unpaired) electrons. The van der Waals surface area contributed by atoms with E-state index in [-0.39, 0.29) is 81.5 Å². The molecule has 3 N–H and O–H groups in total. The molecule has 2 aliphatic heterocycles. The second-order valence-corrected chi connectivity index (χ2v) is 12.3. The van der Waals surface area contributed by atoms with Gasteiger partial charge in [-0.3, -0.25) is 24.0 Å². The average Bonchev–Trinajstić information content (AvgIpc) is 3.75. The Morgan fingerprint density at radius 3 is 2.44 bits per heavy atom. The van der Waals surface area contributed by atoms with E-state index in [2.05, 4.69) is 15.6 Å². The molecule has 15 heteroatoms. The van der Waals surface area contributed by atoms with Crippen LogP contribution in [0.4, 0.5) is 4.79 Å². The Labute approximate surface area is 277 Å². The highest BCUT2D eigenvalue weighted by atomic mass is 16.6. The molecule has 2 aromatic rings. The fraction of sp³-hybridized carbons (Fsp3) is 0.545. The molecule has 48 heavy (non-hydrogen) atoms. The standard InChI is InChI=1S/C33H42N6O9/c1-3-47-33(46)38-16-14-37(15-17-38)32(45)23(11-12-28(41)42)36-30(43)24-18-26(29-20(2)6-4-7-22(29)35-24)48-19-27(40)39-13-5-8-25(39)31(44)34-21-9-10-21/h4,6-7,18,21,23,25H,3,5,8-17,19H2,1-2H3,(H,34,44)(H,36,43)(H,41,42)/t23-,25-/m0/s1. The maximum Gasteiger partial charge on any atom is 0.409 e. The van der Waals surface area contributed by atoms with E-state index in [4.69, 9.17) is 9.47 Å². The predicted octanol–water partition coefficient (Wildman–Crippen LogP) is 1.46. The zero-order valence-corrected chi connectivity index (χ0v) is 27.2. The van der Waals surface area contributed by atoms with Gasteiger partial charge in [-0.2, -0.15) is 0 Å². The smallest absolute Gasteiger partial charge is 0.409 e. The van der Waals surface area contributed by atoms with E-state index in [0.717, 1.165) is 18.4 Å². The summed E-state index contributed by atoms with van der Waals surface area (Å²) in [6.45, 7) is 4.71. The number of ether oxygens (including phenoxy) is 2. The van der Waals surface area contributed by atoms with Crippen LogP contribution in [0.15, 0.2) is 24.3 Å². The van der Waals surface area contributed by atoms with Crippen LogP contribution in [0.3, 0.4) is 0 Å². The number of piperazine rings is 1. The van der Waals surface area contributed by atoms with E-state index >= 15 is 0 Å². The summed E-state index contributed by atoms with van der Waals surface area (Å²) in [5.74, 6) is -2.59. The van der Waals surface area contributed by atoms with E-state index < -0.39 is 36.0 Å². The number of carboxylic acid groups (broad SMARTS) is 1. The van der Waals surface area contributed by atoms with Crippen molar-refractivity contribution < 1.29 is 43.3 Å². The van der Waals surface area contributed by atoms with E-state index in [1.807, 2.05) is 13.0 Å². The number of aliphatic carboxylic acids is 1. The second-order valence-electron chi connectivity index (χ2n) is 12.3. The lowest BCUT2D eigenvalue weighted by molar-refractivity contribution is -0.140. The number of hydrogen-bond acceptors (Lipinski definition) is 9. The quantitative estimate of drug-likeness (QED) is 0.299. The third kappa shape index (κ3) is 8.30. The summed E-state index contributed by atoms with van der Waals surface area (Å²) in [6.07, 6.45) is 2.18. The Bertz CT molecular complexity index is 1570. The molecular weight excluding hydrogens is 624 g/mol. The molecule has 1 aromatic carbocycles. The van der Waals surface area contributed by atoms with Crippen molar-refractivity contribution in [3.05, 3.63) is 35.5 Å². The number of carbonyl (C=O) groups is 6. The maximum atomic E-state index is 13.6. The molecule has 5 amide bonds.